The molecule has 2 saturated heterocycles. The van der Waals surface area contributed by atoms with Crippen molar-refractivity contribution in [2.75, 3.05) is 26.2 Å². The third-order valence-electron chi connectivity index (χ3n) is 8.75. The smallest absolute Gasteiger partial charge is 0.433 e. The van der Waals surface area contributed by atoms with Crippen LogP contribution in [0.2, 0.25) is 0 Å². The van der Waals surface area contributed by atoms with Gasteiger partial charge in [-0.15, -0.1) is 0 Å². The van der Waals surface area contributed by atoms with Gasteiger partial charge in [-0.3, -0.25) is 14.5 Å². The zero-order chi connectivity index (χ0) is 28.8. The average molecular weight is 583 g/mol. The molecule has 1 aliphatic carbocycles. The van der Waals surface area contributed by atoms with Gasteiger partial charge in [-0.05, 0) is 49.8 Å². The minimum atomic E-state index is -4.55. The molecule has 2 aliphatic heterocycles. The van der Waals surface area contributed by atoms with Crippen molar-refractivity contribution < 1.29 is 23.0 Å². The molecule has 4 aromatic rings. The van der Waals surface area contributed by atoms with Crippen LogP contribution in [-0.4, -0.2) is 89.1 Å². The summed E-state index contributed by atoms with van der Waals surface area (Å²) in [5.41, 5.74) is 2.19. The van der Waals surface area contributed by atoms with E-state index in [1.807, 2.05) is 34.2 Å². The molecular formula is C29H33F3N8O2. The van der Waals surface area contributed by atoms with E-state index in [9.17, 15) is 18.3 Å². The van der Waals surface area contributed by atoms with Gasteiger partial charge in [0.2, 0.25) is 5.88 Å². The molecule has 4 aromatic heterocycles. The third-order valence-corrected chi connectivity index (χ3v) is 8.75. The van der Waals surface area contributed by atoms with Crippen molar-refractivity contribution >= 4 is 11.0 Å². The molecule has 0 aromatic carbocycles. The van der Waals surface area contributed by atoms with Crippen LogP contribution in [0.15, 0.2) is 43.1 Å². The largest absolute Gasteiger partial charge is 0.474 e. The Balaban J connectivity index is 0.934. The topological polar surface area (TPSA) is 108 Å². The van der Waals surface area contributed by atoms with E-state index >= 15 is 0 Å². The molecular weight excluding hydrogens is 549 g/mol. The minimum absolute atomic E-state index is 0.0297. The number of hydrogen-bond donors (Lipinski definition) is 2. The van der Waals surface area contributed by atoms with Gasteiger partial charge in [0, 0.05) is 68.2 Å². The normalized spacial score (nSPS) is 24.3. The number of aliphatic hydroxyl groups is 1. The van der Waals surface area contributed by atoms with Crippen molar-refractivity contribution in [3.8, 4) is 17.1 Å². The van der Waals surface area contributed by atoms with Crippen molar-refractivity contribution in [2.45, 2.75) is 69.1 Å². The van der Waals surface area contributed by atoms with Gasteiger partial charge in [-0.2, -0.15) is 18.3 Å². The SMILES string of the molecule is O[C@H]1CCN(Cc2cc(OC3CCC(N4CC(n5cc(-c6ncnc7[nH]ccc67)cn5)C4)CC3)nc(C(F)(F)F)c2)C1. The minimum Gasteiger partial charge on any atom is -0.474 e. The molecule has 222 valence electrons. The highest BCUT2D eigenvalue weighted by Gasteiger charge is 2.37. The number of β-amino-alcohol motifs (C(OH)–C–C–N with tert-alkyl or cyclic N) is 1. The maximum Gasteiger partial charge on any atom is 0.433 e. The van der Waals surface area contributed by atoms with Gasteiger partial charge in [0.25, 0.3) is 0 Å². The van der Waals surface area contributed by atoms with E-state index in [2.05, 4.69) is 29.9 Å². The summed E-state index contributed by atoms with van der Waals surface area (Å²) < 4.78 is 48.8. The molecule has 3 aliphatic rings. The molecule has 42 heavy (non-hydrogen) atoms. The van der Waals surface area contributed by atoms with Crippen LogP contribution in [0.1, 0.15) is 49.4 Å². The molecule has 0 radical (unpaired) electrons. The zero-order valence-corrected chi connectivity index (χ0v) is 23.0. The third kappa shape index (κ3) is 5.60. The molecule has 6 heterocycles. The summed E-state index contributed by atoms with van der Waals surface area (Å²) in [4.78, 5) is 20.1. The average Bonchev–Trinajstić information content (AvgIpc) is 3.70. The quantitative estimate of drug-likeness (QED) is 0.336. The summed E-state index contributed by atoms with van der Waals surface area (Å²) in [7, 11) is 0. The summed E-state index contributed by atoms with van der Waals surface area (Å²) in [5.74, 6) is 0.0297. The first-order valence-corrected chi connectivity index (χ1v) is 14.5. The number of alkyl halides is 3. The molecule has 0 bridgehead atoms. The number of fused-ring (bicyclic) bond motifs is 1. The van der Waals surface area contributed by atoms with Crippen LogP contribution in [0.5, 0.6) is 5.88 Å². The molecule has 13 heteroatoms. The van der Waals surface area contributed by atoms with Gasteiger partial charge in [0.15, 0.2) is 0 Å². The summed E-state index contributed by atoms with van der Waals surface area (Å²) in [6.45, 7) is 3.26. The monoisotopic (exact) mass is 582 g/mol. The fourth-order valence-corrected chi connectivity index (χ4v) is 6.48. The van der Waals surface area contributed by atoms with E-state index in [-0.39, 0.29) is 12.0 Å². The van der Waals surface area contributed by atoms with Crippen LogP contribution in [0.3, 0.4) is 0 Å². The zero-order valence-electron chi connectivity index (χ0n) is 23.0. The van der Waals surface area contributed by atoms with E-state index in [1.165, 1.54) is 0 Å². The highest BCUT2D eigenvalue weighted by atomic mass is 19.4. The first-order chi connectivity index (χ1) is 20.3. The lowest BCUT2D eigenvalue weighted by atomic mass is 9.89. The molecule has 0 unspecified atom stereocenters. The number of rotatable bonds is 7. The number of likely N-dealkylation sites (tertiary alicyclic amines) is 2. The number of H-pyrrole nitrogens is 1. The van der Waals surface area contributed by atoms with Crippen molar-refractivity contribution in [3.63, 3.8) is 0 Å². The molecule has 0 amide bonds. The van der Waals surface area contributed by atoms with Crippen molar-refractivity contribution in [1.29, 1.82) is 0 Å². The fourth-order valence-electron chi connectivity index (χ4n) is 6.48. The maximum absolute atomic E-state index is 13.6. The number of ether oxygens (including phenoxy) is 1. The Hall–Kier alpha value is -3.55. The van der Waals surface area contributed by atoms with Gasteiger partial charge in [-0.1, -0.05) is 0 Å². The van der Waals surface area contributed by atoms with Crippen molar-refractivity contribution in [2.24, 2.45) is 0 Å². The molecule has 0 spiro atoms. The number of pyridine rings is 1. The first kappa shape index (κ1) is 27.3. The van der Waals surface area contributed by atoms with Gasteiger partial charge >= 0.3 is 6.18 Å². The van der Waals surface area contributed by atoms with E-state index in [0.717, 1.165) is 67.1 Å². The van der Waals surface area contributed by atoms with E-state index in [4.69, 9.17) is 4.74 Å². The number of aromatic amines is 1. The Morgan fingerprint density at radius 2 is 1.86 bits per heavy atom. The lowest BCUT2D eigenvalue weighted by Crippen LogP contribution is -2.54. The maximum atomic E-state index is 13.6. The van der Waals surface area contributed by atoms with Gasteiger partial charge in [0.05, 0.1) is 24.0 Å². The Labute approximate surface area is 240 Å². The highest BCUT2D eigenvalue weighted by molar-refractivity contribution is 5.89. The van der Waals surface area contributed by atoms with E-state index in [0.29, 0.717) is 43.7 Å². The number of hydrogen-bond acceptors (Lipinski definition) is 8. The number of halogens is 3. The number of aliphatic hydroxyl groups excluding tert-OH is 1. The van der Waals surface area contributed by atoms with Crippen LogP contribution in [0, 0.1) is 0 Å². The molecule has 7 rings (SSSR count). The number of aromatic nitrogens is 6. The van der Waals surface area contributed by atoms with Gasteiger partial charge in [-0.25, -0.2) is 15.0 Å². The molecule has 1 atom stereocenters. The second-order valence-electron chi connectivity index (χ2n) is 11.7. The molecule has 3 fully saturated rings. The lowest BCUT2D eigenvalue weighted by molar-refractivity contribution is -0.141. The van der Waals surface area contributed by atoms with Crippen molar-refractivity contribution in [1.82, 2.24) is 39.5 Å². The summed E-state index contributed by atoms with van der Waals surface area (Å²) in [6.07, 6.45) is 6.16. The highest BCUT2D eigenvalue weighted by Crippen LogP contribution is 2.35. The molecule has 10 nitrogen and oxygen atoms in total. The van der Waals surface area contributed by atoms with Crippen LogP contribution in [0.4, 0.5) is 13.2 Å². The fraction of sp³-hybridized carbons (Fsp3) is 0.517. The van der Waals surface area contributed by atoms with Crippen LogP contribution < -0.4 is 4.74 Å². The van der Waals surface area contributed by atoms with Gasteiger partial charge < -0.3 is 14.8 Å². The Kier molecular flexibility index (Phi) is 7.11. The van der Waals surface area contributed by atoms with Crippen LogP contribution in [0.25, 0.3) is 22.3 Å². The Morgan fingerprint density at radius 1 is 1.02 bits per heavy atom. The summed E-state index contributed by atoms with van der Waals surface area (Å²) in [5, 5.41) is 15.4. The Bertz CT molecular complexity index is 1540. The number of nitrogens with one attached hydrogen (secondary N) is 1. The number of nitrogens with zero attached hydrogens (tertiary/aromatic N) is 7. The van der Waals surface area contributed by atoms with E-state index in [1.54, 1.807) is 12.4 Å². The second-order valence-corrected chi connectivity index (χ2v) is 11.7. The summed E-state index contributed by atoms with van der Waals surface area (Å²) >= 11 is 0. The lowest BCUT2D eigenvalue weighted by Gasteiger charge is -2.46. The standard InChI is InChI=1S/C29H33F3N8O2/c30-29(31,32)25-9-18(12-38-8-6-22(41)16-38)10-26(37-25)42-23-3-1-20(2-4-23)39-14-21(15-39)40-13-19(11-36-40)27-24-5-7-33-28(24)35-17-34-27/h5,7,9-11,13,17,20-23,41H,1-4,6,8,12,14-16H2,(H,33,34,35)/t20?,22-,23?/m0/s1. The molecule has 1 saturated carbocycles. The van der Waals surface area contributed by atoms with Crippen LogP contribution >= 0.6 is 0 Å². The van der Waals surface area contributed by atoms with Gasteiger partial charge in [0.1, 0.15) is 23.8 Å². The Morgan fingerprint density at radius 3 is 2.62 bits per heavy atom. The van der Waals surface area contributed by atoms with Crippen molar-refractivity contribution in [3.05, 3.63) is 54.4 Å². The van der Waals surface area contributed by atoms with E-state index < -0.39 is 18.0 Å². The van der Waals surface area contributed by atoms with Crippen LogP contribution in [-0.2, 0) is 12.7 Å². The molecule has 2 N–H and O–H groups in total. The first-order valence-electron chi connectivity index (χ1n) is 14.5. The summed E-state index contributed by atoms with van der Waals surface area (Å²) in [6, 6.07) is 5.39. The predicted octanol–water partition coefficient (Wildman–Crippen LogP) is 4.05. The second kappa shape index (κ2) is 10.9. The predicted molar refractivity (Wildman–Crippen MR) is 148 cm³/mol.